The zero-order chi connectivity index (χ0) is 27.2. The Balaban J connectivity index is 1.59. The topological polar surface area (TPSA) is 167 Å². The average molecular weight is 540 g/mol. The molecule has 1 saturated heterocycles. The molecule has 3 heterocycles. The van der Waals surface area contributed by atoms with Gasteiger partial charge in [0.1, 0.15) is 16.4 Å². The molecule has 4 N–H and O–H groups in total. The van der Waals surface area contributed by atoms with E-state index in [1.807, 2.05) is 6.92 Å². The van der Waals surface area contributed by atoms with Crippen LogP contribution in [0.5, 0.6) is 0 Å². The number of sulfone groups is 1. The lowest BCUT2D eigenvalue weighted by atomic mass is 10.1. The van der Waals surface area contributed by atoms with E-state index in [9.17, 15) is 18.0 Å². The number of carbonyl (C=O) groups is 1. The molecule has 2 amide bonds. The second kappa shape index (κ2) is 9.40. The molecule has 2 aliphatic rings. The maximum atomic E-state index is 12.7. The van der Waals surface area contributed by atoms with E-state index in [4.69, 9.17) is 26.2 Å². The molecule has 0 spiro atoms. The van der Waals surface area contributed by atoms with Gasteiger partial charge < -0.3 is 21.1 Å². The first-order chi connectivity index (χ1) is 18.0. The molecule has 0 radical (unpaired) electrons. The van der Waals surface area contributed by atoms with Crippen LogP contribution in [-0.4, -0.2) is 61.1 Å². The maximum Gasteiger partial charge on any atom is 0.338 e. The van der Waals surface area contributed by atoms with E-state index in [0.29, 0.717) is 61.2 Å². The SMILES string of the molecule is C[C@H]1COCCN1c1cc(C2(S(C)(=O)=O)CC2)nc(-c2ccc(N(C(N)=O)n3c(N)cccc3=O)cc2)n1. The number of benzene rings is 1. The first-order valence-electron chi connectivity index (χ1n) is 12.1. The van der Waals surface area contributed by atoms with Gasteiger partial charge in [0.25, 0.3) is 5.56 Å². The van der Waals surface area contributed by atoms with E-state index in [2.05, 4.69) is 4.90 Å². The highest BCUT2D eigenvalue weighted by Gasteiger charge is 2.55. The van der Waals surface area contributed by atoms with Crippen molar-refractivity contribution in [1.29, 1.82) is 0 Å². The molecular weight excluding hydrogens is 510 g/mol. The molecule has 1 saturated carbocycles. The van der Waals surface area contributed by atoms with Crippen molar-refractivity contribution >= 4 is 33.2 Å². The summed E-state index contributed by atoms with van der Waals surface area (Å²) in [4.78, 5) is 36.3. The lowest BCUT2D eigenvalue weighted by Crippen LogP contribution is -2.46. The van der Waals surface area contributed by atoms with Crippen LogP contribution in [0.4, 0.5) is 22.1 Å². The monoisotopic (exact) mass is 539 g/mol. The molecule has 1 aromatic carbocycles. The van der Waals surface area contributed by atoms with Crippen LogP contribution in [0.2, 0.25) is 0 Å². The molecule has 0 unspecified atom stereocenters. The van der Waals surface area contributed by atoms with Crippen molar-refractivity contribution in [1.82, 2.24) is 14.6 Å². The summed E-state index contributed by atoms with van der Waals surface area (Å²) in [5.41, 5.74) is 12.4. The molecule has 38 heavy (non-hydrogen) atoms. The van der Waals surface area contributed by atoms with Crippen LogP contribution in [-0.2, 0) is 19.3 Å². The van der Waals surface area contributed by atoms with Crippen molar-refractivity contribution in [2.75, 3.05) is 41.7 Å². The third kappa shape index (κ3) is 4.47. The Morgan fingerprint density at radius 1 is 1.16 bits per heavy atom. The molecule has 12 nitrogen and oxygen atoms in total. The molecule has 3 aromatic rings. The zero-order valence-corrected chi connectivity index (χ0v) is 21.9. The number of morpholine rings is 1. The van der Waals surface area contributed by atoms with Gasteiger partial charge in [0, 0.05) is 30.5 Å². The molecule has 1 aliphatic heterocycles. The van der Waals surface area contributed by atoms with Crippen molar-refractivity contribution in [3.8, 4) is 11.4 Å². The largest absolute Gasteiger partial charge is 0.384 e. The molecule has 2 aromatic heterocycles. The van der Waals surface area contributed by atoms with Crippen LogP contribution in [0.15, 0.2) is 53.3 Å². The van der Waals surface area contributed by atoms with Crippen LogP contribution >= 0.6 is 0 Å². The van der Waals surface area contributed by atoms with E-state index >= 15 is 0 Å². The van der Waals surface area contributed by atoms with Crippen molar-refractivity contribution in [2.45, 2.75) is 30.6 Å². The molecule has 1 atom stereocenters. The van der Waals surface area contributed by atoms with Crippen molar-refractivity contribution in [3.63, 3.8) is 0 Å². The van der Waals surface area contributed by atoms with E-state index < -0.39 is 26.2 Å². The van der Waals surface area contributed by atoms with Crippen molar-refractivity contribution in [3.05, 3.63) is 64.6 Å². The fourth-order valence-electron chi connectivity index (χ4n) is 4.75. The van der Waals surface area contributed by atoms with Gasteiger partial charge >= 0.3 is 6.03 Å². The third-order valence-electron chi connectivity index (χ3n) is 6.99. The van der Waals surface area contributed by atoms with Gasteiger partial charge in [0.05, 0.1) is 30.6 Å². The van der Waals surface area contributed by atoms with Crippen molar-refractivity contribution in [2.24, 2.45) is 5.73 Å². The number of hydrogen-bond acceptors (Lipinski definition) is 9. The number of nitrogens with zero attached hydrogens (tertiary/aromatic N) is 5. The number of hydrogen-bond donors (Lipinski definition) is 2. The molecule has 2 fully saturated rings. The number of ether oxygens (including phenoxy) is 1. The van der Waals surface area contributed by atoms with Gasteiger partial charge in [0.15, 0.2) is 15.7 Å². The van der Waals surface area contributed by atoms with E-state index in [0.717, 1.165) is 9.69 Å². The normalized spacial score (nSPS) is 18.7. The Labute approximate surface area is 219 Å². The van der Waals surface area contributed by atoms with Crippen LogP contribution < -0.4 is 26.9 Å². The Hall–Kier alpha value is -3.97. The van der Waals surface area contributed by atoms with Crippen LogP contribution in [0, 0.1) is 0 Å². The number of nitrogens with two attached hydrogens (primary N) is 2. The predicted molar refractivity (Wildman–Crippen MR) is 143 cm³/mol. The number of nitrogen functional groups attached to an aromatic ring is 1. The van der Waals surface area contributed by atoms with Gasteiger partial charge in [-0.2, -0.15) is 9.69 Å². The van der Waals surface area contributed by atoms with Crippen molar-refractivity contribution < 1.29 is 17.9 Å². The molecule has 13 heteroatoms. The second-order valence-corrected chi connectivity index (χ2v) is 11.9. The Morgan fingerprint density at radius 2 is 1.87 bits per heavy atom. The minimum Gasteiger partial charge on any atom is -0.384 e. The van der Waals surface area contributed by atoms with Gasteiger partial charge in [-0.1, -0.05) is 6.07 Å². The molecule has 1 aliphatic carbocycles. The van der Waals surface area contributed by atoms with E-state index in [1.54, 1.807) is 30.3 Å². The summed E-state index contributed by atoms with van der Waals surface area (Å²) in [6, 6.07) is 11.7. The number of anilines is 3. The highest BCUT2D eigenvalue weighted by Crippen LogP contribution is 2.52. The highest BCUT2D eigenvalue weighted by atomic mass is 32.2. The smallest absolute Gasteiger partial charge is 0.338 e. The number of rotatable bonds is 6. The Kier molecular flexibility index (Phi) is 6.35. The van der Waals surface area contributed by atoms with E-state index in [1.165, 1.54) is 24.5 Å². The second-order valence-electron chi connectivity index (χ2n) is 9.62. The lowest BCUT2D eigenvalue weighted by molar-refractivity contribution is 0.0985. The number of pyridine rings is 1. The third-order valence-corrected chi connectivity index (χ3v) is 9.03. The summed E-state index contributed by atoms with van der Waals surface area (Å²) in [6.07, 6.45) is 2.24. The van der Waals surface area contributed by atoms with Crippen LogP contribution in [0.25, 0.3) is 11.4 Å². The Morgan fingerprint density at radius 3 is 2.45 bits per heavy atom. The summed E-state index contributed by atoms with van der Waals surface area (Å²) in [7, 11) is -3.41. The van der Waals surface area contributed by atoms with Crippen LogP contribution in [0.3, 0.4) is 0 Å². The van der Waals surface area contributed by atoms with Crippen LogP contribution in [0.1, 0.15) is 25.5 Å². The maximum absolute atomic E-state index is 12.7. The van der Waals surface area contributed by atoms with Gasteiger partial charge in [-0.3, -0.25) is 4.79 Å². The van der Waals surface area contributed by atoms with E-state index in [-0.39, 0.29) is 11.9 Å². The zero-order valence-electron chi connectivity index (χ0n) is 21.1. The molecule has 5 rings (SSSR count). The standard InChI is InChI=1S/C25H29N7O5S/c1-16-15-37-13-12-30(16)21-14-19(25(10-11-25)38(2,35)36)28-23(29-21)17-6-8-18(9-7-17)31(24(27)34)32-20(26)4-3-5-22(32)33/h3-9,14,16H,10-13,15,26H2,1-2H3,(H2,27,34)/t16-/m0/s1. The number of carbonyl (C=O) groups excluding carboxylic acids is 1. The number of primary amides is 1. The molecule has 200 valence electrons. The number of amides is 2. The van der Waals surface area contributed by atoms with Gasteiger partial charge in [-0.25, -0.2) is 23.2 Å². The number of urea groups is 1. The number of aromatic nitrogens is 3. The first-order valence-corrected chi connectivity index (χ1v) is 14.0. The summed E-state index contributed by atoms with van der Waals surface area (Å²) < 4.78 is 30.9. The fraction of sp³-hybridized carbons (Fsp3) is 0.360. The fourth-order valence-corrected chi connectivity index (χ4v) is 6.07. The predicted octanol–water partition coefficient (Wildman–Crippen LogP) is 1.49. The Bertz CT molecular complexity index is 1550. The summed E-state index contributed by atoms with van der Waals surface area (Å²) >= 11 is 0. The van der Waals surface area contributed by atoms with Gasteiger partial charge in [0.2, 0.25) is 0 Å². The first kappa shape index (κ1) is 25.7. The molecule has 0 bridgehead atoms. The van der Waals surface area contributed by atoms with Gasteiger partial charge in [-0.15, -0.1) is 0 Å². The minimum absolute atomic E-state index is 0.0381. The van der Waals surface area contributed by atoms with Gasteiger partial charge in [-0.05, 0) is 50.1 Å². The summed E-state index contributed by atoms with van der Waals surface area (Å²) in [5, 5.41) is 0.975. The summed E-state index contributed by atoms with van der Waals surface area (Å²) in [6.45, 7) is 3.71. The highest BCUT2D eigenvalue weighted by molar-refractivity contribution is 7.91. The summed E-state index contributed by atoms with van der Waals surface area (Å²) in [5.74, 6) is 1.01. The quantitative estimate of drug-likeness (QED) is 0.472. The molecular formula is C25H29N7O5S. The average Bonchev–Trinajstić information content (AvgIpc) is 3.69. The minimum atomic E-state index is -3.41. The lowest BCUT2D eigenvalue weighted by Gasteiger charge is -2.34.